The summed E-state index contributed by atoms with van der Waals surface area (Å²) in [5, 5.41) is 19.3. The molecule has 27 heavy (non-hydrogen) atoms. The van der Waals surface area contributed by atoms with Gasteiger partial charge in [0, 0.05) is 32.6 Å². The molecule has 2 aromatic heterocycles. The van der Waals surface area contributed by atoms with Gasteiger partial charge in [0.05, 0.1) is 17.2 Å². The molecule has 0 atom stereocenters. The van der Waals surface area contributed by atoms with Crippen LogP contribution >= 0.6 is 0 Å². The predicted molar refractivity (Wildman–Crippen MR) is 95.0 cm³/mol. The molecule has 3 aromatic rings. The smallest absolute Gasteiger partial charge is 0.311 e. The standard InChI is InChI=1S/C17H18N6O4/c1-20(11-13-7-9-18-21(13)2)17(24)14-8-10-22(19-14)12-27-16-6-4-3-5-15(16)23(25)26/h3-10H,11-12H2,1-2H3. The third-order valence-electron chi connectivity index (χ3n) is 3.94. The van der Waals surface area contributed by atoms with Crippen molar-refractivity contribution in [1.82, 2.24) is 24.5 Å². The second kappa shape index (κ2) is 7.68. The average molecular weight is 370 g/mol. The van der Waals surface area contributed by atoms with E-state index in [-0.39, 0.29) is 29.8 Å². The van der Waals surface area contributed by atoms with Crippen molar-refractivity contribution >= 4 is 11.6 Å². The van der Waals surface area contributed by atoms with Crippen LogP contribution < -0.4 is 4.74 Å². The molecule has 0 radical (unpaired) electrons. The van der Waals surface area contributed by atoms with Gasteiger partial charge in [-0.3, -0.25) is 19.6 Å². The second-order valence-electron chi connectivity index (χ2n) is 5.85. The monoisotopic (exact) mass is 370 g/mol. The van der Waals surface area contributed by atoms with Crippen molar-refractivity contribution in [3.8, 4) is 5.75 Å². The highest BCUT2D eigenvalue weighted by atomic mass is 16.6. The van der Waals surface area contributed by atoms with E-state index in [1.54, 1.807) is 42.3 Å². The van der Waals surface area contributed by atoms with E-state index in [0.29, 0.717) is 6.54 Å². The van der Waals surface area contributed by atoms with Gasteiger partial charge in [-0.2, -0.15) is 10.2 Å². The van der Waals surface area contributed by atoms with Crippen molar-refractivity contribution in [3.05, 3.63) is 70.3 Å². The molecular weight excluding hydrogens is 352 g/mol. The Morgan fingerprint density at radius 3 is 2.78 bits per heavy atom. The molecule has 1 aromatic carbocycles. The Kier molecular flexibility index (Phi) is 5.15. The van der Waals surface area contributed by atoms with Crippen LogP contribution in [0.5, 0.6) is 5.75 Å². The zero-order valence-corrected chi connectivity index (χ0v) is 14.8. The Hall–Kier alpha value is -3.69. The quantitative estimate of drug-likeness (QED) is 0.464. The van der Waals surface area contributed by atoms with Gasteiger partial charge in [0.25, 0.3) is 5.91 Å². The van der Waals surface area contributed by atoms with Gasteiger partial charge in [-0.05, 0) is 18.2 Å². The van der Waals surface area contributed by atoms with Crippen molar-refractivity contribution in [2.75, 3.05) is 7.05 Å². The number of hydrogen-bond acceptors (Lipinski definition) is 6. The number of hydrogen-bond donors (Lipinski definition) is 0. The number of para-hydroxylation sites is 2. The zero-order chi connectivity index (χ0) is 19.4. The largest absolute Gasteiger partial charge is 0.464 e. The van der Waals surface area contributed by atoms with Gasteiger partial charge in [0.1, 0.15) is 0 Å². The van der Waals surface area contributed by atoms with Crippen LogP contribution in [-0.2, 0) is 20.3 Å². The molecule has 10 heteroatoms. The fourth-order valence-electron chi connectivity index (χ4n) is 2.48. The molecular formula is C17H18N6O4. The van der Waals surface area contributed by atoms with Gasteiger partial charge >= 0.3 is 5.69 Å². The maximum absolute atomic E-state index is 12.5. The van der Waals surface area contributed by atoms with Gasteiger partial charge in [-0.15, -0.1) is 0 Å². The maximum atomic E-state index is 12.5. The number of aryl methyl sites for hydroxylation is 1. The number of nitro groups is 1. The highest BCUT2D eigenvalue weighted by Crippen LogP contribution is 2.25. The maximum Gasteiger partial charge on any atom is 0.311 e. The summed E-state index contributed by atoms with van der Waals surface area (Å²) < 4.78 is 8.56. The van der Waals surface area contributed by atoms with Crippen molar-refractivity contribution in [3.63, 3.8) is 0 Å². The van der Waals surface area contributed by atoms with E-state index in [4.69, 9.17) is 4.74 Å². The molecule has 0 unspecified atom stereocenters. The summed E-state index contributed by atoms with van der Waals surface area (Å²) >= 11 is 0. The minimum atomic E-state index is -0.513. The van der Waals surface area contributed by atoms with E-state index in [2.05, 4.69) is 10.2 Å². The summed E-state index contributed by atoms with van der Waals surface area (Å²) in [6.07, 6.45) is 3.25. The lowest BCUT2D eigenvalue weighted by molar-refractivity contribution is -0.386. The molecule has 0 spiro atoms. The fourth-order valence-corrected chi connectivity index (χ4v) is 2.48. The van der Waals surface area contributed by atoms with Gasteiger partial charge in [0.15, 0.2) is 18.2 Å². The second-order valence-corrected chi connectivity index (χ2v) is 5.85. The number of nitro benzene ring substituents is 1. The number of rotatable bonds is 7. The zero-order valence-electron chi connectivity index (χ0n) is 14.8. The normalized spacial score (nSPS) is 10.6. The SMILES string of the molecule is CN(Cc1ccnn1C)C(=O)c1ccn(COc2ccccc2[N+](=O)[O-])n1. The Labute approximate surface area is 154 Å². The lowest BCUT2D eigenvalue weighted by atomic mass is 10.3. The molecule has 0 N–H and O–H groups in total. The third-order valence-corrected chi connectivity index (χ3v) is 3.94. The summed E-state index contributed by atoms with van der Waals surface area (Å²) in [5.41, 5.74) is 1.02. The molecule has 10 nitrogen and oxygen atoms in total. The van der Waals surface area contributed by atoms with Crippen molar-refractivity contribution in [2.45, 2.75) is 13.3 Å². The predicted octanol–water partition coefficient (Wildman–Crippen LogP) is 1.83. The molecule has 3 rings (SSSR count). The summed E-state index contributed by atoms with van der Waals surface area (Å²) in [6, 6.07) is 9.49. The topological polar surface area (TPSA) is 108 Å². The van der Waals surface area contributed by atoms with Crippen LogP contribution in [0.1, 0.15) is 16.2 Å². The van der Waals surface area contributed by atoms with Crippen LogP contribution in [0, 0.1) is 10.1 Å². The van der Waals surface area contributed by atoms with E-state index in [9.17, 15) is 14.9 Å². The fraction of sp³-hybridized carbons (Fsp3) is 0.235. The van der Waals surface area contributed by atoms with Crippen molar-refractivity contribution < 1.29 is 14.5 Å². The lowest BCUT2D eigenvalue weighted by Crippen LogP contribution is -2.27. The van der Waals surface area contributed by atoms with Crippen molar-refractivity contribution in [2.24, 2.45) is 7.05 Å². The summed E-state index contributed by atoms with van der Waals surface area (Å²) in [5.74, 6) is -0.111. The number of amides is 1. The number of carbonyl (C=O) groups excluding carboxylic acids is 1. The van der Waals surface area contributed by atoms with Crippen LogP contribution in [-0.4, -0.2) is 42.3 Å². The minimum absolute atomic E-state index is 0.0520. The van der Waals surface area contributed by atoms with Gasteiger partial charge in [-0.1, -0.05) is 12.1 Å². The van der Waals surface area contributed by atoms with E-state index in [1.807, 2.05) is 13.1 Å². The van der Waals surface area contributed by atoms with Crippen LogP contribution in [0.15, 0.2) is 48.8 Å². The molecule has 0 aliphatic heterocycles. The van der Waals surface area contributed by atoms with E-state index in [1.165, 1.54) is 21.7 Å². The molecule has 140 valence electrons. The number of aromatic nitrogens is 4. The van der Waals surface area contributed by atoms with E-state index in [0.717, 1.165) is 5.69 Å². The molecule has 0 fully saturated rings. The Morgan fingerprint density at radius 2 is 2.07 bits per heavy atom. The third kappa shape index (κ3) is 4.11. The highest BCUT2D eigenvalue weighted by molar-refractivity contribution is 5.91. The first-order valence-electron chi connectivity index (χ1n) is 8.07. The Morgan fingerprint density at radius 1 is 1.30 bits per heavy atom. The van der Waals surface area contributed by atoms with Gasteiger partial charge in [-0.25, -0.2) is 4.68 Å². The van der Waals surface area contributed by atoms with E-state index >= 15 is 0 Å². The summed E-state index contributed by atoms with van der Waals surface area (Å²) in [4.78, 5) is 24.5. The number of carbonyl (C=O) groups is 1. The number of ether oxygens (including phenoxy) is 1. The minimum Gasteiger partial charge on any atom is -0.464 e. The van der Waals surface area contributed by atoms with E-state index < -0.39 is 4.92 Å². The number of benzene rings is 1. The van der Waals surface area contributed by atoms with Gasteiger partial charge < -0.3 is 9.64 Å². The highest BCUT2D eigenvalue weighted by Gasteiger charge is 2.17. The first-order valence-corrected chi connectivity index (χ1v) is 8.07. The first-order chi connectivity index (χ1) is 13.0. The first kappa shape index (κ1) is 18.1. The molecule has 0 saturated heterocycles. The van der Waals surface area contributed by atoms with Crippen molar-refractivity contribution in [1.29, 1.82) is 0 Å². The van der Waals surface area contributed by atoms with Crippen LogP contribution in [0.25, 0.3) is 0 Å². The molecule has 2 heterocycles. The number of nitrogens with zero attached hydrogens (tertiary/aromatic N) is 6. The van der Waals surface area contributed by atoms with Crippen LogP contribution in [0.2, 0.25) is 0 Å². The van der Waals surface area contributed by atoms with Crippen LogP contribution in [0.4, 0.5) is 5.69 Å². The molecule has 0 aliphatic rings. The lowest BCUT2D eigenvalue weighted by Gasteiger charge is -2.15. The summed E-state index contributed by atoms with van der Waals surface area (Å²) in [7, 11) is 3.49. The summed E-state index contributed by atoms with van der Waals surface area (Å²) in [6.45, 7) is 0.346. The molecule has 1 amide bonds. The molecule has 0 aliphatic carbocycles. The average Bonchev–Trinajstić information content (AvgIpc) is 3.29. The van der Waals surface area contributed by atoms with Crippen LogP contribution in [0.3, 0.4) is 0 Å². The van der Waals surface area contributed by atoms with Gasteiger partial charge in [0.2, 0.25) is 0 Å². The Balaban J connectivity index is 1.64. The Bertz CT molecular complexity index is 964. The molecule has 0 saturated carbocycles. The molecule has 0 bridgehead atoms.